The van der Waals surface area contributed by atoms with Crippen molar-refractivity contribution < 1.29 is 9.84 Å². The minimum Gasteiger partial charge on any atom is -0.393 e. The van der Waals surface area contributed by atoms with Gasteiger partial charge in [0.2, 0.25) is 0 Å². The van der Waals surface area contributed by atoms with Crippen molar-refractivity contribution in [1.82, 2.24) is 10.2 Å². The van der Waals surface area contributed by atoms with E-state index in [1.54, 1.807) is 0 Å². The fourth-order valence-corrected chi connectivity index (χ4v) is 4.97. The Morgan fingerprint density at radius 3 is 2.67 bits per heavy atom. The molecule has 2 aliphatic carbocycles. The minimum atomic E-state index is -0.131. The summed E-state index contributed by atoms with van der Waals surface area (Å²) in [5, 5.41) is 13.4. The maximum atomic E-state index is 9.67. The molecule has 0 aromatic heterocycles. The molecule has 5 heteroatoms. The van der Waals surface area contributed by atoms with Crippen molar-refractivity contribution >= 4 is 5.96 Å². The molecule has 0 aromatic carbocycles. The number of guanidine groups is 1. The summed E-state index contributed by atoms with van der Waals surface area (Å²) in [4.78, 5) is 6.81. The van der Waals surface area contributed by atoms with Gasteiger partial charge in [-0.15, -0.1) is 0 Å². The number of aliphatic imine (C=N–C) groups is 1. The van der Waals surface area contributed by atoms with Gasteiger partial charge in [-0.05, 0) is 32.1 Å². The molecule has 2 N–H and O–H groups in total. The normalized spacial score (nSPS) is 38.9. The van der Waals surface area contributed by atoms with E-state index in [9.17, 15) is 5.11 Å². The third kappa shape index (κ3) is 2.00. The second-order valence-corrected chi connectivity index (χ2v) is 7.22. The summed E-state index contributed by atoms with van der Waals surface area (Å²) < 4.78 is 5.99. The molecule has 2 heterocycles. The van der Waals surface area contributed by atoms with Crippen LogP contribution >= 0.6 is 0 Å². The van der Waals surface area contributed by atoms with Crippen molar-refractivity contribution in [2.24, 2.45) is 16.3 Å². The number of piperidine rings is 1. The van der Waals surface area contributed by atoms with E-state index in [2.05, 4.69) is 15.2 Å². The van der Waals surface area contributed by atoms with Gasteiger partial charge in [0.1, 0.15) is 0 Å². The lowest BCUT2D eigenvalue weighted by molar-refractivity contribution is -0.171. The molecule has 0 bridgehead atoms. The van der Waals surface area contributed by atoms with Crippen molar-refractivity contribution in [3.8, 4) is 0 Å². The van der Waals surface area contributed by atoms with Crippen LogP contribution in [0.15, 0.2) is 4.99 Å². The Kier molecular flexibility index (Phi) is 3.38. The highest BCUT2D eigenvalue weighted by Crippen LogP contribution is 2.62. The Balaban J connectivity index is 1.44. The average Bonchev–Trinajstić information content (AvgIpc) is 2.85. The molecule has 3 unspecified atom stereocenters. The number of hydrogen-bond donors (Lipinski definition) is 2. The van der Waals surface area contributed by atoms with E-state index in [0.29, 0.717) is 23.5 Å². The van der Waals surface area contributed by atoms with Crippen LogP contribution in [0.2, 0.25) is 0 Å². The Bertz CT molecular complexity index is 427. The SMILES string of the molecule is CN=C(NC1C2CCOC2C12CCC2)N1CCC(O)CC1. The Labute approximate surface area is 126 Å². The van der Waals surface area contributed by atoms with Gasteiger partial charge in [0.05, 0.1) is 12.2 Å². The molecule has 5 nitrogen and oxygen atoms in total. The van der Waals surface area contributed by atoms with Gasteiger partial charge in [-0.1, -0.05) is 6.42 Å². The lowest BCUT2D eigenvalue weighted by atomic mass is 9.46. The van der Waals surface area contributed by atoms with E-state index in [0.717, 1.165) is 38.5 Å². The van der Waals surface area contributed by atoms with Crippen LogP contribution in [0.1, 0.15) is 38.5 Å². The summed E-state index contributed by atoms with van der Waals surface area (Å²) in [6.45, 7) is 2.75. The monoisotopic (exact) mass is 293 g/mol. The number of ether oxygens (including phenoxy) is 1. The van der Waals surface area contributed by atoms with Crippen LogP contribution < -0.4 is 5.32 Å². The minimum absolute atomic E-state index is 0.131. The van der Waals surface area contributed by atoms with E-state index in [1.807, 2.05) is 7.05 Å². The quantitative estimate of drug-likeness (QED) is 0.559. The number of likely N-dealkylation sites (tertiary alicyclic amines) is 1. The molecule has 0 amide bonds. The van der Waals surface area contributed by atoms with Crippen LogP contribution in [0.3, 0.4) is 0 Å². The number of nitrogens with one attached hydrogen (secondary N) is 1. The Morgan fingerprint density at radius 2 is 2.05 bits per heavy atom. The lowest BCUT2D eigenvalue weighted by Gasteiger charge is -2.63. The largest absolute Gasteiger partial charge is 0.393 e. The molecule has 2 saturated heterocycles. The van der Waals surface area contributed by atoms with Gasteiger partial charge in [-0.25, -0.2) is 0 Å². The second-order valence-electron chi connectivity index (χ2n) is 7.22. The second kappa shape index (κ2) is 5.13. The predicted octanol–water partition coefficient (Wildman–Crippen LogP) is 0.976. The number of aliphatic hydroxyl groups excluding tert-OH is 1. The molecule has 3 atom stereocenters. The fraction of sp³-hybridized carbons (Fsp3) is 0.938. The highest BCUT2D eigenvalue weighted by atomic mass is 16.5. The molecule has 21 heavy (non-hydrogen) atoms. The van der Waals surface area contributed by atoms with Gasteiger partial charge in [-0.3, -0.25) is 4.99 Å². The maximum Gasteiger partial charge on any atom is 0.193 e. The van der Waals surface area contributed by atoms with Crippen molar-refractivity contribution in [2.75, 3.05) is 26.7 Å². The zero-order valence-corrected chi connectivity index (χ0v) is 12.9. The summed E-state index contributed by atoms with van der Waals surface area (Å²) in [6.07, 6.45) is 7.23. The number of fused-ring (bicyclic) bond motifs is 2. The molecule has 0 radical (unpaired) electrons. The van der Waals surface area contributed by atoms with Gasteiger partial charge in [-0.2, -0.15) is 0 Å². The number of nitrogens with zero attached hydrogens (tertiary/aromatic N) is 2. The van der Waals surface area contributed by atoms with Crippen molar-refractivity contribution in [2.45, 2.75) is 56.8 Å². The summed E-state index contributed by atoms with van der Waals surface area (Å²) >= 11 is 0. The van der Waals surface area contributed by atoms with E-state index < -0.39 is 0 Å². The maximum absolute atomic E-state index is 9.67. The topological polar surface area (TPSA) is 57.1 Å². The summed E-state index contributed by atoms with van der Waals surface area (Å²) in [5.41, 5.74) is 0.395. The molecule has 4 rings (SSSR count). The molecule has 1 spiro atoms. The van der Waals surface area contributed by atoms with Gasteiger partial charge in [0.15, 0.2) is 5.96 Å². The molecule has 2 saturated carbocycles. The predicted molar refractivity (Wildman–Crippen MR) is 81.2 cm³/mol. The molecule has 118 valence electrons. The molecular formula is C16H27N3O2. The standard InChI is InChI=1S/C16H27N3O2/c1-17-15(19-8-3-11(20)4-9-19)18-13-12-5-10-21-14(12)16(13)6-2-7-16/h11-14,20H,2-10H2,1H3,(H,17,18). The van der Waals surface area contributed by atoms with Gasteiger partial charge in [0.25, 0.3) is 0 Å². The molecule has 0 aromatic rings. The van der Waals surface area contributed by atoms with Crippen LogP contribution in [-0.4, -0.2) is 61.0 Å². The van der Waals surface area contributed by atoms with Crippen LogP contribution in [0.5, 0.6) is 0 Å². The van der Waals surface area contributed by atoms with E-state index in [-0.39, 0.29) is 6.10 Å². The highest BCUT2D eigenvalue weighted by Gasteiger charge is 2.66. The third-order valence-corrected chi connectivity index (χ3v) is 6.30. The number of hydrogen-bond acceptors (Lipinski definition) is 3. The van der Waals surface area contributed by atoms with Crippen LogP contribution in [0.4, 0.5) is 0 Å². The Hall–Kier alpha value is -0.810. The van der Waals surface area contributed by atoms with Crippen LogP contribution in [-0.2, 0) is 4.74 Å². The van der Waals surface area contributed by atoms with E-state index >= 15 is 0 Å². The zero-order valence-electron chi connectivity index (χ0n) is 12.9. The molecule has 4 fully saturated rings. The molecular weight excluding hydrogens is 266 g/mol. The van der Waals surface area contributed by atoms with Crippen molar-refractivity contribution in [3.05, 3.63) is 0 Å². The van der Waals surface area contributed by atoms with Crippen LogP contribution in [0, 0.1) is 11.3 Å². The molecule has 2 aliphatic heterocycles. The van der Waals surface area contributed by atoms with Crippen molar-refractivity contribution in [1.29, 1.82) is 0 Å². The Morgan fingerprint density at radius 1 is 1.29 bits per heavy atom. The van der Waals surface area contributed by atoms with Gasteiger partial charge >= 0.3 is 0 Å². The first-order valence-corrected chi connectivity index (χ1v) is 8.52. The van der Waals surface area contributed by atoms with Gasteiger partial charge in [0, 0.05) is 44.1 Å². The number of rotatable bonds is 1. The first kappa shape index (κ1) is 13.8. The number of aliphatic hydroxyl groups is 1. The van der Waals surface area contributed by atoms with Crippen LogP contribution in [0.25, 0.3) is 0 Å². The van der Waals surface area contributed by atoms with Crippen molar-refractivity contribution in [3.63, 3.8) is 0 Å². The fourth-order valence-electron chi connectivity index (χ4n) is 4.97. The summed E-state index contributed by atoms with van der Waals surface area (Å²) in [5.74, 6) is 1.71. The first-order valence-electron chi connectivity index (χ1n) is 8.52. The average molecular weight is 293 g/mol. The first-order chi connectivity index (χ1) is 10.2. The summed E-state index contributed by atoms with van der Waals surface area (Å²) in [7, 11) is 1.88. The highest BCUT2D eigenvalue weighted by molar-refractivity contribution is 5.80. The zero-order chi connectivity index (χ0) is 14.4. The van der Waals surface area contributed by atoms with Gasteiger partial charge < -0.3 is 20.1 Å². The molecule has 4 aliphatic rings. The summed E-state index contributed by atoms with van der Waals surface area (Å²) in [6, 6.07) is 0.546. The van der Waals surface area contributed by atoms with E-state index in [4.69, 9.17) is 4.74 Å². The smallest absolute Gasteiger partial charge is 0.193 e. The lowest BCUT2D eigenvalue weighted by Crippen LogP contribution is -2.72. The third-order valence-electron chi connectivity index (χ3n) is 6.30. The van der Waals surface area contributed by atoms with E-state index in [1.165, 1.54) is 25.7 Å².